The van der Waals surface area contributed by atoms with Crippen LogP contribution in [0.1, 0.15) is 30.2 Å². The van der Waals surface area contributed by atoms with Crippen LogP contribution in [0.3, 0.4) is 0 Å². The Morgan fingerprint density at radius 1 is 1.04 bits per heavy atom. The Bertz CT molecular complexity index is 912. The minimum absolute atomic E-state index is 0. The third-order valence-corrected chi connectivity index (χ3v) is 6.42. The van der Waals surface area contributed by atoms with Gasteiger partial charge in [-0.2, -0.15) is 0 Å². The van der Waals surface area contributed by atoms with E-state index in [4.69, 9.17) is 5.41 Å². The van der Waals surface area contributed by atoms with Gasteiger partial charge in [0.2, 0.25) is 5.62 Å². The van der Waals surface area contributed by atoms with Crippen molar-refractivity contribution in [3.8, 4) is 0 Å². The standard InChI is InChI=1S/C20H26N4OS.ClH/c21-20-23(13-12-22-10-4-1-5-11-22)16-7-2-3-8-17(16)24(20)15-18(25)19-9-6-14-26-19;/h2-3,6-9,14,18,21,25H,1,4-5,10-13,15H2;1H. The molecule has 1 atom stereocenters. The lowest BCUT2D eigenvalue weighted by Crippen LogP contribution is -3.13. The molecule has 4 rings (SSSR count). The number of likely N-dealkylation sites (tertiary alicyclic amines) is 1. The third kappa shape index (κ3) is 4.29. The number of thiophene rings is 1. The summed E-state index contributed by atoms with van der Waals surface area (Å²) in [5, 5.41) is 21.3. The predicted octanol–water partition coefficient (Wildman–Crippen LogP) is -1.21. The van der Waals surface area contributed by atoms with Crippen LogP contribution in [0.2, 0.25) is 0 Å². The van der Waals surface area contributed by atoms with Gasteiger partial charge in [0.15, 0.2) is 0 Å². The first-order valence-corrected chi connectivity index (χ1v) is 10.4. The summed E-state index contributed by atoms with van der Waals surface area (Å²) in [4.78, 5) is 2.60. The molecule has 7 heteroatoms. The van der Waals surface area contributed by atoms with Gasteiger partial charge in [-0.15, -0.1) is 11.3 Å². The number of imidazole rings is 1. The molecule has 1 fully saturated rings. The first-order chi connectivity index (χ1) is 12.7. The first-order valence-electron chi connectivity index (χ1n) is 9.52. The third-order valence-electron chi connectivity index (χ3n) is 5.45. The number of para-hydroxylation sites is 2. The second-order valence-corrected chi connectivity index (χ2v) is 8.15. The molecule has 0 bridgehead atoms. The highest BCUT2D eigenvalue weighted by Gasteiger charge is 2.18. The second-order valence-electron chi connectivity index (χ2n) is 7.17. The fraction of sp³-hybridized carbons (Fsp3) is 0.450. The second kappa shape index (κ2) is 9.06. The number of hydrogen-bond donors (Lipinski definition) is 3. The highest BCUT2D eigenvalue weighted by Crippen LogP contribution is 2.22. The van der Waals surface area contributed by atoms with Crippen molar-refractivity contribution in [1.82, 2.24) is 9.13 Å². The Hall–Kier alpha value is -1.60. The van der Waals surface area contributed by atoms with Crippen molar-refractivity contribution in [2.24, 2.45) is 0 Å². The van der Waals surface area contributed by atoms with Gasteiger partial charge in [0, 0.05) is 4.88 Å². The van der Waals surface area contributed by atoms with E-state index in [1.54, 1.807) is 16.2 Å². The molecule has 5 nitrogen and oxygen atoms in total. The minimum atomic E-state index is -0.573. The maximum Gasteiger partial charge on any atom is 0.203 e. The Morgan fingerprint density at radius 3 is 2.41 bits per heavy atom. The normalized spacial score (nSPS) is 16.3. The molecule has 0 radical (unpaired) electrons. The monoisotopic (exact) mass is 406 g/mol. The molecule has 0 aliphatic carbocycles. The van der Waals surface area contributed by atoms with E-state index in [-0.39, 0.29) is 12.4 Å². The van der Waals surface area contributed by atoms with Gasteiger partial charge in [0.05, 0.1) is 43.8 Å². The highest BCUT2D eigenvalue weighted by atomic mass is 35.5. The molecule has 146 valence electrons. The van der Waals surface area contributed by atoms with Crippen LogP contribution in [0.15, 0.2) is 41.8 Å². The fourth-order valence-electron chi connectivity index (χ4n) is 4.02. The number of fused-ring (bicyclic) bond motifs is 1. The number of piperidine rings is 1. The number of halogens is 1. The summed E-state index contributed by atoms with van der Waals surface area (Å²) in [5.41, 5.74) is 2.60. The summed E-state index contributed by atoms with van der Waals surface area (Å²) >= 11 is 1.56. The first kappa shape index (κ1) is 20.1. The van der Waals surface area contributed by atoms with Crippen molar-refractivity contribution in [2.75, 3.05) is 19.6 Å². The zero-order chi connectivity index (χ0) is 17.9. The van der Waals surface area contributed by atoms with Crippen molar-refractivity contribution in [3.05, 3.63) is 52.3 Å². The van der Waals surface area contributed by atoms with Crippen LogP contribution in [0.25, 0.3) is 11.0 Å². The van der Waals surface area contributed by atoms with E-state index in [9.17, 15) is 5.11 Å². The van der Waals surface area contributed by atoms with Gasteiger partial charge >= 0.3 is 0 Å². The van der Waals surface area contributed by atoms with Crippen LogP contribution in [0.4, 0.5) is 0 Å². The lowest BCUT2D eigenvalue weighted by Gasteiger charge is -2.23. The number of nitrogens with zero attached hydrogens (tertiary/aromatic N) is 2. The Morgan fingerprint density at radius 2 is 1.74 bits per heavy atom. The van der Waals surface area contributed by atoms with Crippen LogP contribution in [0.5, 0.6) is 0 Å². The van der Waals surface area contributed by atoms with Gasteiger partial charge in [-0.3, -0.25) is 5.41 Å². The maximum atomic E-state index is 10.6. The van der Waals surface area contributed by atoms with Gasteiger partial charge in [-0.05, 0) is 42.8 Å². The zero-order valence-electron chi connectivity index (χ0n) is 15.4. The molecule has 1 aliphatic rings. The van der Waals surface area contributed by atoms with Gasteiger partial charge in [0.1, 0.15) is 6.10 Å². The summed E-state index contributed by atoms with van der Waals surface area (Å²) in [6.07, 6.45) is 3.43. The summed E-state index contributed by atoms with van der Waals surface area (Å²) in [6.45, 7) is 4.85. The number of quaternary nitrogens is 1. The molecular weight excluding hydrogens is 380 g/mol. The van der Waals surface area contributed by atoms with Gasteiger partial charge in [0.25, 0.3) is 0 Å². The van der Waals surface area contributed by atoms with Crippen molar-refractivity contribution in [1.29, 1.82) is 5.41 Å². The van der Waals surface area contributed by atoms with E-state index in [0.29, 0.717) is 12.2 Å². The largest absolute Gasteiger partial charge is 1.00 e. The van der Waals surface area contributed by atoms with E-state index in [0.717, 1.165) is 29.0 Å². The molecule has 3 aromatic rings. The molecule has 1 aliphatic heterocycles. The van der Waals surface area contributed by atoms with Crippen molar-refractivity contribution in [2.45, 2.75) is 38.5 Å². The average molecular weight is 407 g/mol. The van der Waals surface area contributed by atoms with E-state index < -0.39 is 6.10 Å². The Kier molecular flexibility index (Phi) is 6.76. The number of hydrogen-bond acceptors (Lipinski definition) is 3. The van der Waals surface area contributed by atoms with Crippen LogP contribution < -0.4 is 22.9 Å². The molecule has 3 N–H and O–H groups in total. The number of benzene rings is 1. The molecule has 1 saturated heterocycles. The minimum Gasteiger partial charge on any atom is -1.00 e. The molecule has 1 aromatic carbocycles. The molecule has 0 saturated carbocycles. The summed E-state index contributed by atoms with van der Waals surface area (Å²) in [6, 6.07) is 12.1. The number of aromatic nitrogens is 2. The van der Waals surface area contributed by atoms with Crippen molar-refractivity contribution in [3.63, 3.8) is 0 Å². The zero-order valence-corrected chi connectivity index (χ0v) is 17.0. The van der Waals surface area contributed by atoms with Crippen LogP contribution in [-0.4, -0.2) is 33.9 Å². The predicted molar refractivity (Wildman–Crippen MR) is 104 cm³/mol. The maximum absolute atomic E-state index is 10.6. The van der Waals surface area contributed by atoms with Crippen LogP contribution >= 0.6 is 11.3 Å². The number of rotatable bonds is 6. The summed E-state index contributed by atoms with van der Waals surface area (Å²) in [5.74, 6) is 0. The molecular formula is C20H27ClN4OS. The molecule has 3 heterocycles. The van der Waals surface area contributed by atoms with E-state index >= 15 is 0 Å². The molecule has 0 amide bonds. The van der Waals surface area contributed by atoms with E-state index in [1.807, 2.05) is 34.2 Å². The molecule has 0 spiro atoms. The quantitative estimate of drug-likeness (QED) is 0.473. The molecule has 27 heavy (non-hydrogen) atoms. The number of aliphatic hydroxyl groups is 1. The Labute approximate surface area is 169 Å². The average Bonchev–Trinajstić information content (AvgIpc) is 3.29. The Balaban J connectivity index is 0.00000210. The van der Waals surface area contributed by atoms with Gasteiger partial charge in [-0.25, -0.2) is 0 Å². The fourth-order valence-corrected chi connectivity index (χ4v) is 4.72. The summed E-state index contributed by atoms with van der Waals surface area (Å²) in [7, 11) is 0. The van der Waals surface area contributed by atoms with Crippen molar-refractivity contribution >= 4 is 22.4 Å². The molecule has 1 unspecified atom stereocenters. The topological polar surface area (TPSA) is 58.4 Å². The van der Waals surface area contributed by atoms with E-state index in [1.165, 1.54) is 32.4 Å². The lowest BCUT2D eigenvalue weighted by atomic mass is 10.1. The molecule has 2 aromatic heterocycles. The van der Waals surface area contributed by atoms with Crippen molar-refractivity contribution < 1.29 is 22.4 Å². The summed E-state index contributed by atoms with van der Waals surface area (Å²) < 4.78 is 4.06. The number of aliphatic hydroxyl groups excluding tert-OH is 1. The smallest absolute Gasteiger partial charge is 0.203 e. The highest BCUT2D eigenvalue weighted by molar-refractivity contribution is 7.10. The number of nitrogens with one attached hydrogen (secondary N) is 2. The lowest BCUT2D eigenvalue weighted by molar-refractivity contribution is -0.905. The SMILES string of the molecule is N=c1n(CC[NH+]2CCCCC2)c2ccccc2n1CC(O)c1cccs1.[Cl-]. The van der Waals surface area contributed by atoms with Gasteiger partial charge in [-0.1, -0.05) is 18.2 Å². The van der Waals surface area contributed by atoms with Crippen LogP contribution in [0, 0.1) is 5.41 Å². The van der Waals surface area contributed by atoms with E-state index in [2.05, 4.69) is 16.7 Å². The van der Waals surface area contributed by atoms with Gasteiger partial charge < -0.3 is 31.5 Å². The van der Waals surface area contributed by atoms with Crippen LogP contribution in [-0.2, 0) is 13.1 Å².